The number of aryl methyl sites for hydroxylation is 2. The third-order valence-corrected chi connectivity index (χ3v) is 7.45. The number of nitrogens with zero attached hydrogens (tertiary/aromatic N) is 2. The van der Waals surface area contributed by atoms with Crippen molar-refractivity contribution in [2.75, 3.05) is 19.6 Å². The first-order valence-electron chi connectivity index (χ1n) is 8.83. The Bertz CT molecular complexity index is 902. The van der Waals surface area contributed by atoms with E-state index in [2.05, 4.69) is 29.2 Å². The van der Waals surface area contributed by atoms with E-state index in [0.717, 1.165) is 30.6 Å². The molecule has 0 atom stereocenters. The number of fused-ring (bicyclic) bond motifs is 1. The lowest BCUT2D eigenvalue weighted by atomic mass is 9.97. The van der Waals surface area contributed by atoms with Gasteiger partial charge in [-0.2, -0.15) is 4.31 Å². The quantitative estimate of drug-likeness (QED) is 0.849. The van der Waals surface area contributed by atoms with Crippen LogP contribution in [-0.2, 0) is 23.0 Å². The molecule has 0 bridgehead atoms. The molecule has 5 heteroatoms. The fraction of sp³-hybridized carbons (Fsp3) is 0.400. The Labute approximate surface area is 150 Å². The van der Waals surface area contributed by atoms with Crippen molar-refractivity contribution in [1.82, 2.24) is 9.21 Å². The highest BCUT2D eigenvalue weighted by Gasteiger charge is 2.40. The summed E-state index contributed by atoms with van der Waals surface area (Å²) in [5, 5.41) is 0. The van der Waals surface area contributed by atoms with Gasteiger partial charge >= 0.3 is 0 Å². The molecular weight excluding hydrogens is 332 g/mol. The maximum atomic E-state index is 12.9. The Morgan fingerprint density at radius 1 is 1.00 bits per heavy atom. The smallest absolute Gasteiger partial charge is 0.243 e. The van der Waals surface area contributed by atoms with Crippen LogP contribution in [0.2, 0.25) is 0 Å². The standard InChI is InChI=1S/C20H24N2O2S/c1-15-7-8-20(16(2)11-15)25(23,24)22-13-19(14-22)21-10-9-17-5-3-4-6-18(17)12-21/h3-8,11,19H,9-10,12-14H2,1-2H3. The molecule has 4 nitrogen and oxygen atoms in total. The second kappa shape index (κ2) is 6.24. The van der Waals surface area contributed by atoms with Gasteiger partial charge in [-0.05, 0) is 43.0 Å². The summed E-state index contributed by atoms with van der Waals surface area (Å²) < 4.78 is 27.4. The molecule has 0 radical (unpaired) electrons. The van der Waals surface area contributed by atoms with E-state index in [0.29, 0.717) is 24.0 Å². The summed E-state index contributed by atoms with van der Waals surface area (Å²) in [6, 6.07) is 14.4. The van der Waals surface area contributed by atoms with Gasteiger partial charge in [0.05, 0.1) is 4.90 Å². The van der Waals surface area contributed by atoms with Crippen molar-refractivity contribution >= 4 is 10.0 Å². The lowest BCUT2D eigenvalue weighted by Crippen LogP contribution is -2.61. The van der Waals surface area contributed by atoms with Gasteiger partial charge < -0.3 is 0 Å². The maximum Gasteiger partial charge on any atom is 0.243 e. The third-order valence-electron chi connectivity index (χ3n) is 5.45. The summed E-state index contributed by atoms with van der Waals surface area (Å²) in [7, 11) is -3.38. The van der Waals surface area contributed by atoms with Crippen LogP contribution in [0.1, 0.15) is 22.3 Å². The first-order chi connectivity index (χ1) is 11.9. The van der Waals surface area contributed by atoms with Gasteiger partial charge in [0.15, 0.2) is 0 Å². The molecular formula is C20H24N2O2S. The predicted molar refractivity (Wildman–Crippen MR) is 99.0 cm³/mol. The average Bonchev–Trinajstić information content (AvgIpc) is 2.52. The average molecular weight is 356 g/mol. The van der Waals surface area contributed by atoms with Gasteiger partial charge in [-0.25, -0.2) is 8.42 Å². The molecule has 132 valence electrons. The minimum absolute atomic E-state index is 0.328. The van der Waals surface area contributed by atoms with Crippen LogP contribution in [0.15, 0.2) is 47.4 Å². The van der Waals surface area contributed by atoms with Gasteiger partial charge in [-0.1, -0.05) is 42.0 Å². The maximum absolute atomic E-state index is 12.9. The minimum Gasteiger partial charge on any atom is -0.293 e. The lowest BCUT2D eigenvalue weighted by molar-refractivity contribution is 0.0768. The van der Waals surface area contributed by atoms with E-state index in [1.165, 1.54) is 11.1 Å². The predicted octanol–water partition coefficient (Wildman–Crippen LogP) is 2.73. The molecule has 1 fully saturated rings. The van der Waals surface area contributed by atoms with Crippen molar-refractivity contribution < 1.29 is 8.42 Å². The van der Waals surface area contributed by atoms with E-state index in [-0.39, 0.29) is 0 Å². The van der Waals surface area contributed by atoms with Crippen LogP contribution < -0.4 is 0 Å². The fourth-order valence-corrected chi connectivity index (χ4v) is 5.62. The van der Waals surface area contributed by atoms with Crippen LogP contribution in [0.25, 0.3) is 0 Å². The summed E-state index contributed by atoms with van der Waals surface area (Å²) in [6.07, 6.45) is 1.05. The zero-order valence-electron chi connectivity index (χ0n) is 14.8. The van der Waals surface area contributed by atoms with Gasteiger partial charge in [0.2, 0.25) is 10.0 Å². The van der Waals surface area contributed by atoms with Crippen molar-refractivity contribution in [3.8, 4) is 0 Å². The molecule has 25 heavy (non-hydrogen) atoms. The first-order valence-corrected chi connectivity index (χ1v) is 10.3. The molecule has 0 unspecified atom stereocenters. The van der Waals surface area contributed by atoms with Crippen LogP contribution in [-0.4, -0.2) is 43.3 Å². The monoisotopic (exact) mass is 356 g/mol. The molecule has 0 spiro atoms. The van der Waals surface area contributed by atoms with Gasteiger partial charge in [-0.3, -0.25) is 4.90 Å². The second-order valence-electron chi connectivity index (χ2n) is 7.23. The molecule has 0 N–H and O–H groups in total. The van der Waals surface area contributed by atoms with Crippen molar-refractivity contribution in [3.63, 3.8) is 0 Å². The van der Waals surface area contributed by atoms with Gasteiger partial charge in [0, 0.05) is 32.2 Å². The molecule has 0 saturated carbocycles. The van der Waals surface area contributed by atoms with Crippen LogP contribution in [0.5, 0.6) is 0 Å². The zero-order valence-corrected chi connectivity index (χ0v) is 15.6. The number of sulfonamides is 1. The Hall–Kier alpha value is -1.69. The second-order valence-corrected chi connectivity index (χ2v) is 9.14. The van der Waals surface area contributed by atoms with Crippen molar-refractivity contribution in [1.29, 1.82) is 0 Å². The lowest BCUT2D eigenvalue weighted by Gasteiger charge is -2.46. The normalized spacial score (nSPS) is 19.4. The summed E-state index contributed by atoms with van der Waals surface area (Å²) in [6.45, 7) is 6.99. The highest BCUT2D eigenvalue weighted by atomic mass is 32.2. The largest absolute Gasteiger partial charge is 0.293 e. The van der Waals surface area contributed by atoms with Gasteiger partial charge in [0.1, 0.15) is 0 Å². The van der Waals surface area contributed by atoms with E-state index in [1.54, 1.807) is 10.4 Å². The molecule has 2 heterocycles. The van der Waals surface area contributed by atoms with Crippen molar-refractivity contribution in [3.05, 3.63) is 64.7 Å². The number of rotatable bonds is 3. The Balaban J connectivity index is 1.45. The van der Waals surface area contributed by atoms with Crippen molar-refractivity contribution in [2.45, 2.75) is 37.8 Å². The van der Waals surface area contributed by atoms with E-state index in [1.807, 2.05) is 26.0 Å². The van der Waals surface area contributed by atoms with Crippen LogP contribution in [0.3, 0.4) is 0 Å². The molecule has 0 aliphatic carbocycles. The zero-order chi connectivity index (χ0) is 17.6. The Morgan fingerprint density at radius 3 is 2.44 bits per heavy atom. The molecule has 2 aromatic carbocycles. The molecule has 2 aliphatic rings. The third kappa shape index (κ3) is 3.01. The molecule has 0 aromatic heterocycles. The Morgan fingerprint density at radius 2 is 1.72 bits per heavy atom. The summed E-state index contributed by atoms with van der Waals surface area (Å²) in [5.41, 5.74) is 4.72. The topological polar surface area (TPSA) is 40.6 Å². The molecule has 2 aliphatic heterocycles. The van der Waals surface area contributed by atoms with Crippen LogP contribution in [0.4, 0.5) is 0 Å². The van der Waals surface area contributed by atoms with Crippen LogP contribution >= 0.6 is 0 Å². The van der Waals surface area contributed by atoms with E-state index >= 15 is 0 Å². The van der Waals surface area contributed by atoms with E-state index in [4.69, 9.17) is 0 Å². The SMILES string of the molecule is Cc1ccc(S(=O)(=O)N2CC(N3CCc4ccccc4C3)C2)c(C)c1. The summed E-state index contributed by atoms with van der Waals surface area (Å²) in [4.78, 5) is 2.87. The molecule has 0 amide bonds. The number of benzene rings is 2. The minimum atomic E-state index is -3.38. The highest BCUT2D eigenvalue weighted by molar-refractivity contribution is 7.89. The highest BCUT2D eigenvalue weighted by Crippen LogP contribution is 2.29. The van der Waals surface area contributed by atoms with Gasteiger partial charge in [0.25, 0.3) is 0 Å². The number of hydrogen-bond donors (Lipinski definition) is 0. The van der Waals surface area contributed by atoms with Crippen molar-refractivity contribution in [2.24, 2.45) is 0 Å². The number of hydrogen-bond acceptors (Lipinski definition) is 3. The van der Waals surface area contributed by atoms with Gasteiger partial charge in [-0.15, -0.1) is 0 Å². The molecule has 4 rings (SSSR count). The van der Waals surface area contributed by atoms with E-state index in [9.17, 15) is 8.42 Å². The molecule has 1 saturated heterocycles. The van der Waals surface area contributed by atoms with E-state index < -0.39 is 10.0 Å². The first kappa shape index (κ1) is 16.8. The Kier molecular flexibility index (Phi) is 4.18. The molecule has 2 aromatic rings. The fourth-order valence-electron chi connectivity index (χ4n) is 3.90. The summed E-state index contributed by atoms with van der Waals surface area (Å²) in [5.74, 6) is 0. The summed E-state index contributed by atoms with van der Waals surface area (Å²) >= 11 is 0. The van der Waals surface area contributed by atoms with Crippen LogP contribution in [0, 0.1) is 13.8 Å².